The third-order valence-corrected chi connectivity index (χ3v) is 11.6. The predicted octanol–water partition coefficient (Wildman–Crippen LogP) is 6.74. The van der Waals surface area contributed by atoms with Crippen molar-refractivity contribution in [2.24, 2.45) is 22.7 Å². The van der Waals surface area contributed by atoms with Crippen LogP contribution in [0.1, 0.15) is 111 Å². The number of aromatic hydroxyl groups is 1. The monoisotopic (exact) mass is 626 g/mol. The van der Waals surface area contributed by atoms with Crippen LogP contribution in [0.4, 0.5) is 0 Å². The van der Waals surface area contributed by atoms with Crippen LogP contribution in [0.2, 0.25) is 0 Å². The summed E-state index contributed by atoms with van der Waals surface area (Å²) in [5, 5.41) is 47.4. The first kappa shape index (κ1) is 32.2. The first-order chi connectivity index (χ1) is 21.5. The summed E-state index contributed by atoms with van der Waals surface area (Å²) in [6.07, 6.45) is 4.91. The summed E-state index contributed by atoms with van der Waals surface area (Å²) in [5.41, 5.74) is 0.609. The van der Waals surface area contributed by atoms with Crippen molar-refractivity contribution in [3.8, 4) is 5.75 Å². The highest BCUT2D eigenvalue weighted by atomic mass is 16.3. The third kappa shape index (κ3) is 4.30. The molecule has 0 saturated heterocycles. The number of hydrogen-bond donors (Lipinski definition) is 4. The number of aliphatic hydroxyl groups is 3. The number of carbonyl (C=O) groups excluding carboxylic acids is 3. The lowest BCUT2D eigenvalue weighted by molar-refractivity contribution is -0.171. The Morgan fingerprint density at radius 1 is 0.978 bits per heavy atom. The predicted molar refractivity (Wildman–Crippen MR) is 175 cm³/mol. The summed E-state index contributed by atoms with van der Waals surface area (Å²) in [7, 11) is 0. The average molecular weight is 627 g/mol. The number of benzene rings is 2. The molecule has 4 N–H and O–H groups in total. The second-order valence-electron chi connectivity index (χ2n) is 15.4. The van der Waals surface area contributed by atoms with Gasteiger partial charge in [0.05, 0.1) is 5.56 Å². The van der Waals surface area contributed by atoms with E-state index in [1.807, 2.05) is 40.7 Å². The molecular formula is C39H46O7. The second-order valence-corrected chi connectivity index (χ2v) is 15.4. The molecular weight excluding hydrogens is 580 g/mol. The van der Waals surface area contributed by atoms with E-state index in [0.29, 0.717) is 24.0 Å². The minimum Gasteiger partial charge on any atom is -0.511 e. The summed E-state index contributed by atoms with van der Waals surface area (Å²) < 4.78 is 0. The van der Waals surface area contributed by atoms with Crippen LogP contribution < -0.4 is 0 Å². The normalized spacial score (nSPS) is 28.9. The first-order valence-corrected chi connectivity index (χ1v) is 16.7. The molecule has 0 spiro atoms. The number of carbonyl (C=O) groups is 3. The molecule has 46 heavy (non-hydrogen) atoms. The van der Waals surface area contributed by atoms with Crippen molar-refractivity contribution in [1.82, 2.24) is 0 Å². The van der Waals surface area contributed by atoms with E-state index in [0.717, 1.165) is 31.7 Å². The van der Waals surface area contributed by atoms with Crippen molar-refractivity contribution in [2.75, 3.05) is 0 Å². The number of Topliss-reactive ketones (excluding diaryl/α,β-unsaturated/α-hetero) is 3. The first-order valence-electron chi connectivity index (χ1n) is 16.7. The van der Waals surface area contributed by atoms with Crippen LogP contribution in [0.5, 0.6) is 5.75 Å². The number of phenols is 1. The van der Waals surface area contributed by atoms with Gasteiger partial charge in [0, 0.05) is 22.3 Å². The number of hydrogen-bond acceptors (Lipinski definition) is 7. The maximum atomic E-state index is 14.6. The number of aliphatic hydroxyl groups excluding tert-OH is 2. The molecule has 4 aliphatic carbocycles. The van der Waals surface area contributed by atoms with E-state index in [2.05, 4.69) is 18.2 Å². The van der Waals surface area contributed by atoms with Crippen LogP contribution in [0.3, 0.4) is 0 Å². The lowest BCUT2D eigenvalue weighted by atomic mass is 9.44. The molecule has 2 aromatic carbocycles. The van der Waals surface area contributed by atoms with Gasteiger partial charge in [-0.05, 0) is 97.1 Å². The number of allylic oxidation sites excluding steroid dienone is 2. The Bertz CT molecular complexity index is 1770. The number of phenolic OH excluding ortho intramolecular Hbond substituents is 1. The Morgan fingerprint density at radius 3 is 2.28 bits per heavy atom. The summed E-state index contributed by atoms with van der Waals surface area (Å²) in [6, 6.07) is 8.57. The second kappa shape index (κ2) is 10.7. The minimum absolute atomic E-state index is 0.0319. The number of ketones is 3. The van der Waals surface area contributed by atoms with Gasteiger partial charge in [-0.25, -0.2) is 0 Å². The van der Waals surface area contributed by atoms with E-state index in [4.69, 9.17) is 0 Å². The van der Waals surface area contributed by atoms with Gasteiger partial charge in [0.1, 0.15) is 22.8 Å². The maximum Gasteiger partial charge on any atom is 0.209 e. The van der Waals surface area contributed by atoms with E-state index in [1.165, 1.54) is 16.7 Å². The summed E-state index contributed by atoms with van der Waals surface area (Å²) in [5.74, 6) is -4.86. The fraction of sp³-hybridized carbons (Fsp3) is 0.513. The van der Waals surface area contributed by atoms with Gasteiger partial charge in [-0.2, -0.15) is 0 Å². The Kier molecular flexibility index (Phi) is 7.47. The number of aryl methyl sites for hydroxylation is 4. The van der Waals surface area contributed by atoms with Gasteiger partial charge in [0.2, 0.25) is 5.78 Å². The van der Waals surface area contributed by atoms with E-state index < -0.39 is 51.0 Å². The largest absolute Gasteiger partial charge is 0.511 e. The SMILES string of the molecule is CC(=O)C1=C(O)C(C(C)C)[C@@]2(C)C[C@@]3(C)Cc4c(C(C)C)cc(CCc5ccc6c(c5)CCC6)c(O)c4C(=O)C3=C(O)[C@@]2(O)C1=O. The molecule has 0 bridgehead atoms. The van der Waals surface area contributed by atoms with Gasteiger partial charge in [0.25, 0.3) is 0 Å². The zero-order valence-corrected chi connectivity index (χ0v) is 28.0. The molecule has 0 aliphatic heterocycles. The van der Waals surface area contributed by atoms with Gasteiger partial charge in [0.15, 0.2) is 17.2 Å². The Hall–Kier alpha value is -3.71. The standard InChI is InChI=1S/C39H46O7/c1-19(2)26-16-25(14-12-22-11-13-23-9-8-10-24(23)15-22)32(41)29-27(26)17-37(6)18-38(7)30(20(3)4)33(42)28(21(5)40)35(44)39(38,46)36(45)31(37)34(29)43/h11,13,15-16,19-20,30,41-42,45-46H,8-10,12,14,17-18H2,1-7H3/t30?,37-,38-,39+/m1/s1. The van der Waals surface area contributed by atoms with Gasteiger partial charge in [-0.15, -0.1) is 0 Å². The quantitative estimate of drug-likeness (QED) is 0.261. The molecule has 244 valence electrons. The lowest BCUT2D eigenvalue weighted by Gasteiger charge is -2.59. The van der Waals surface area contributed by atoms with Crippen molar-refractivity contribution in [2.45, 2.75) is 105 Å². The molecule has 4 atom stereocenters. The van der Waals surface area contributed by atoms with E-state index in [-0.39, 0.29) is 47.3 Å². The molecule has 6 rings (SSSR count). The van der Waals surface area contributed by atoms with E-state index >= 15 is 0 Å². The summed E-state index contributed by atoms with van der Waals surface area (Å²) >= 11 is 0. The van der Waals surface area contributed by atoms with Crippen molar-refractivity contribution < 1.29 is 34.8 Å². The van der Waals surface area contributed by atoms with Crippen LogP contribution in [0, 0.1) is 22.7 Å². The van der Waals surface area contributed by atoms with Crippen molar-refractivity contribution in [1.29, 1.82) is 0 Å². The molecule has 0 fully saturated rings. The molecule has 1 unspecified atom stereocenters. The molecule has 7 nitrogen and oxygen atoms in total. The highest BCUT2D eigenvalue weighted by Gasteiger charge is 2.71. The van der Waals surface area contributed by atoms with Crippen molar-refractivity contribution in [3.05, 3.63) is 85.9 Å². The molecule has 0 radical (unpaired) electrons. The summed E-state index contributed by atoms with van der Waals surface area (Å²) in [4.78, 5) is 41.2. The van der Waals surface area contributed by atoms with Crippen molar-refractivity contribution in [3.63, 3.8) is 0 Å². The Morgan fingerprint density at radius 2 is 1.65 bits per heavy atom. The van der Waals surface area contributed by atoms with E-state index in [9.17, 15) is 34.8 Å². The molecule has 0 heterocycles. The molecule has 2 aromatic rings. The molecule has 0 aromatic heterocycles. The van der Waals surface area contributed by atoms with Crippen LogP contribution in [0.25, 0.3) is 0 Å². The third-order valence-electron chi connectivity index (χ3n) is 11.6. The topological polar surface area (TPSA) is 132 Å². The van der Waals surface area contributed by atoms with Gasteiger partial charge in [-0.1, -0.05) is 65.8 Å². The van der Waals surface area contributed by atoms with Gasteiger partial charge < -0.3 is 20.4 Å². The van der Waals surface area contributed by atoms with Crippen LogP contribution >= 0.6 is 0 Å². The Labute approximate surface area is 271 Å². The maximum absolute atomic E-state index is 14.6. The Balaban J connectivity index is 1.50. The van der Waals surface area contributed by atoms with Gasteiger partial charge in [-0.3, -0.25) is 14.4 Å². The highest BCUT2D eigenvalue weighted by Crippen LogP contribution is 2.65. The summed E-state index contributed by atoms with van der Waals surface area (Å²) in [6.45, 7) is 12.4. The van der Waals surface area contributed by atoms with Crippen LogP contribution in [-0.2, 0) is 41.7 Å². The molecule has 7 heteroatoms. The zero-order chi connectivity index (χ0) is 33.7. The lowest BCUT2D eigenvalue weighted by Crippen LogP contribution is -2.67. The van der Waals surface area contributed by atoms with E-state index in [1.54, 1.807) is 6.92 Å². The fourth-order valence-corrected chi connectivity index (χ4v) is 9.65. The average Bonchev–Trinajstić information content (AvgIpc) is 3.42. The van der Waals surface area contributed by atoms with Crippen molar-refractivity contribution >= 4 is 17.3 Å². The fourth-order valence-electron chi connectivity index (χ4n) is 9.65. The molecule has 0 saturated carbocycles. The zero-order valence-electron chi connectivity index (χ0n) is 28.0. The number of rotatable bonds is 6. The minimum atomic E-state index is -2.61. The number of fused-ring (bicyclic) bond motifs is 4. The van der Waals surface area contributed by atoms with Crippen LogP contribution in [0.15, 0.2) is 46.9 Å². The van der Waals surface area contributed by atoms with Gasteiger partial charge >= 0.3 is 0 Å². The van der Waals surface area contributed by atoms with Crippen LogP contribution in [-0.4, -0.2) is 43.4 Å². The highest BCUT2D eigenvalue weighted by molar-refractivity contribution is 6.25. The molecule has 0 amide bonds. The smallest absolute Gasteiger partial charge is 0.209 e. The molecule has 4 aliphatic rings.